The lowest BCUT2D eigenvalue weighted by molar-refractivity contribution is 0.631. The number of nitrogen functional groups attached to an aromatic ring is 1. The number of anilines is 3. The monoisotopic (exact) mass is 216 g/mol. The minimum atomic E-state index is -0.270. The highest BCUT2D eigenvalue weighted by molar-refractivity contribution is 5.64. The van der Waals surface area contributed by atoms with Crippen LogP contribution in [0, 0.1) is 12.7 Å². The lowest BCUT2D eigenvalue weighted by Gasteiger charge is -2.08. The van der Waals surface area contributed by atoms with E-state index >= 15 is 0 Å². The average Bonchev–Trinajstić information content (AvgIpc) is 2.24. The highest BCUT2D eigenvalue weighted by Crippen LogP contribution is 2.22. The van der Waals surface area contributed by atoms with Crippen LogP contribution in [0.15, 0.2) is 42.5 Å². The lowest BCUT2D eigenvalue weighted by Crippen LogP contribution is -1.95. The number of nitrogens with two attached hydrogens (primary N) is 1. The summed E-state index contributed by atoms with van der Waals surface area (Å²) < 4.78 is 13.5. The third-order valence-corrected chi connectivity index (χ3v) is 2.29. The van der Waals surface area contributed by atoms with Gasteiger partial charge in [-0.05, 0) is 42.8 Å². The Hall–Kier alpha value is -2.03. The van der Waals surface area contributed by atoms with E-state index in [-0.39, 0.29) is 5.82 Å². The van der Waals surface area contributed by atoms with E-state index in [0.29, 0.717) is 11.4 Å². The fourth-order valence-electron chi connectivity index (χ4n) is 1.51. The van der Waals surface area contributed by atoms with Crippen LogP contribution in [-0.2, 0) is 0 Å². The quantitative estimate of drug-likeness (QED) is 0.754. The summed E-state index contributed by atoms with van der Waals surface area (Å²) in [4.78, 5) is 0. The van der Waals surface area contributed by atoms with Crippen LogP contribution in [0.1, 0.15) is 5.56 Å². The average molecular weight is 216 g/mol. The molecule has 82 valence electrons. The van der Waals surface area contributed by atoms with E-state index in [9.17, 15) is 4.39 Å². The van der Waals surface area contributed by atoms with Gasteiger partial charge in [-0.1, -0.05) is 12.1 Å². The van der Waals surface area contributed by atoms with E-state index in [2.05, 4.69) is 5.32 Å². The molecule has 0 radical (unpaired) electrons. The number of aryl methyl sites for hydroxylation is 1. The Labute approximate surface area is 93.9 Å². The largest absolute Gasteiger partial charge is 0.399 e. The van der Waals surface area contributed by atoms with Gasteiger partial charge in [0, 0.05) is 11.4 Å². The van der Waals surface area contributed by atoms with Crippen molar-refractivity contribution in [3.8, 4) is 0 Å². The van der Waals surface area contributed by atoms with E-state index in [0.717, 1.165) is 11.3 Å². The first-order chi connectivity index (χ1) is 7.65. The van der Waals surface area contributed by atoms with E-state index in [4.69, 9.17) is 5.73 Å². The van der Waals surface area contributed by atoms with Crippen LogP contribution in [-0.4, -0.2) is 0 Å². The molecule has 3 N–H and O–H groups in total. The predicted octanol–water partition coefficient (Wildman–Crippen LogP) is 3.46. The first-order valence-electron chi connectivity index (χ1n) is 5.04. The van der Waals surface area contributed by atoms with Crippen LogP contribution in [0.4, 0.5) is 21.5 Å². The van der Waals surface area contributed by atoms with Gasteiger partial charge in [0.25, 0.3) is 0 Å². The van der Waals surface area contributed by atoms with Gasteiger partial charge in [-0.25, -0.2) is 4.39 Å². The first kappa shape index (κ1) is 10.5. The van der Waals surface area contributed by atoms with Gasteiger partial charge in [0.05, 0.1) is 5.69 Å². The van der Waals surface area contributed by atoms with Gasteiger partial charge >= 0.3 is 0 Å². The van der Waals surface area contributed by atoms with E-state index in [1.54, 1.807) is 24.3 Å². The maximum Gasteiger partial charge on any atom is 0.146 e. The van der Waals surface area contributed by atoms with Gasteiger partial charge in [-0.3, -0.25) is 0 Å². The smallest absolute Gasteiger partial charge is 0.146 e. The Balaban J connectivity index is 2.30. The molecule has 0 saturated carbocycles. The molecule has 2 aromatic rings. The van der Waals surface area contributed by atoms with Gasteiger partial charge in [0.15, 0.2) is 0 Å². The third-order valence-electron chi connectivity index (χ3n) is 2.29. The summed E-state index contributed by atoms with van der Waals surface area (Å²) in [5, 5.41) is 3.00. The van der Waals surface area contributed by atoms with Crippen LogP contribution in [0.3, 0.4) is 0 Å². The molecule has 0 aliphatic carbocycles. The van der Waals surface area contributed by atoms with Crippen LogP contribution >= 0.6 is 0 Å². The second-order valence-corrected chi connectivity index (χ2v) is 3.73. The topological polar surface area (TPSA) is 38.0 Å². The fourth-order valence-corrected chi connectivity index (χ4v) is 1.51. The molecule has 0 aliphatic rings. The lowest BCUT2D eigenvalue weighted by atomic mass is 10.2. The molecule has 0 aliphatic heterocycles. The minimum absolute atomic E-state index is 0.270. The van der Waals surface area contributed by atoms with Gasteiger partial charge in [-0.2, -0.15) is 0 Å². The summed E-state index contributed by atoms with van der Waals surface area (Å²) in [5.74, 6) is -0.270. The molecule has 0 fully saturated rings. The first-order valence-corrected chi connectivity index (χ1v) is 5.04. The van der Waals surface area contributed by atoms with E-state index < -0.39 is 0 Å². The second-order valence-electron chi connectivity index (χ2n) is 3.73. The third kappa shape index (κ3) is 2.31. The number of halogens is 1. The van der Waals surface area contributed by atoms with Crippen LogP contribution < -0.4 is 11.1 Å². The van der Waals surface area contributed by atoms with Crippen molar-refractivity contribution in [2.45, 2.75) is 6.92 Å². The van der Waals surface area contributed by atoms with Crippen molar-refractivity contribution in [1.29, 1.82) is 0 Å². The van der Waals surface area contributed by atoms with Crippen molar-refractivity contribution in [3.05, 3.63) is 53.8 Å². The summed E-state index contributed by atoms with van der Waals surface area (Å²) in [6.07, 6.45) is 0. The molecule has 0 atom stereocenters. The second kappa shape index (κ2) is 4.23. The van der Waals surface area contributed by atoms with E-state index in [1.807, 2.05) is 19.1 Å². The van der Waals surface area contributed by atoms with Gasteiger partial charge in [-0.15, -0.1) is 0 Å². The van der Waals surface area contributed by atoms with Crippen molar-refractivity contribution < 1.29 is 4.39 Å². The summed E-state index contributed by atoms with van der Waals surface area (Å²) >= 11 is 0. The van der Waals surface area contributed by atoms with E-state index in [1.165, 1.54) is 6.07 Å². The molecule has 2 rings (SSSR count). The molecular weight excluding hydrogens is 203 g/mol. The SMILES string of the molecule is Cc1ccc(F)c(Nc2cccc(N)c2)c1. The zero-order valence-corrected chi connectivity index (χ0v) is 9.00. The maximum absolute atomic E-state index is 13.5. The van der Waals surface area contributed by atoms with Crippen molar-refractivity contribution in [1.82, 2.24) is 0 Å². The molecular formula is C13H13FN2. The molecule has 0 unspecified atom stereocenters. The Bertz CT molecular complexity index is 509. The number of hydrogen-bond acceptors (Lipinski definition) is 2. The van der Waals surface area contributed by atoms with Crippen LogP contribution in [0.2, 0.25) is 0 Å². The molecule has 2 aromatic carbocycles. The summed E-state index contributed by atoms with van der Waals surface area (Å²) in [6.45, 7) is 1.92. The molecule has 0 aromatic heterocycles. The zero-order valence-electron chi connectivity index (χ0n) is 9.00. The molecule has 0 saturated heterocycles. The highest BCUT2D eigenvalue weighted by atomic mass is 19.1. The summed E-state index contributed by atoms with van der Waals surface area (Å²) in [5.41, 5.74) is 8.55. The standard InChI is InChI=1S/C13H13FN2/c1-9-5-6-12(14)13(7-9)16-11-4-2-3-10(15)8-11/h2-8,16H,15H2,1H3. The Morgan fingerprint density at radius 2 is 1.94 bits per heavy atom. The Morgan fingerprint density at radius 3 is 2.69 bits per heavy atom. The molecule has 0 bridgehead atoms. The normalized spacial score (nSPS) is 10.1. The van der Waals surface area contributed by atoms with Gasteiger partial charge in [0.2, 0.25) is 0 Å². The van der Waals surface area contributed by atoms with Crippen molar-refractivity contribution in [3.63, 3.8) is 0 Å². The highest BCUT2D eigenvalue weighted by Gasteiger charge is 2.02. The van der Waals surface area contributed by atoms with Gasteiger partial charge < -0.3 is 11.1 Å². The van der Waals surface area contributed by atoms with Gasteiger partial charge in [0.1, 0.15) is 5.82 Å². The minimum Gasteiger partial charge on any atom is -0.399 e. The van der Waals surface area contributed by atoms with Crippen molar-refractivity contribution >= 4 is 17.1 Å². The molecule has 0 heterocycles. The molecule has 3 heteroatoms. The Morgan fingerprint density at radius 1 is 1.12 bits per heavy atom. The molecule has 2 nitrogen and oxygen atoms in total. The number of rotatable bonds is 2. The number of hydrogen-bond donors (Lipinski definition) is 2. The molecule has 16 heavy (non-hydrogen) atoms. The summed E-state index contributed by atoms with van der Waals surface area (Å²) in [6, 6.07) is 12.2. The number of nitrogens with one attached hydrogen (secondary N) is 1. The molecule has 0 amide bonds. The number of benzene rings is 2. The van der Waals surface area contributed by atoms with Crippen LogP contribution in [0.5, 0.6) is 0 Å². The predicted molar refractivity (Wildman–Crippen MR) is 65.3 cm³/mol. The van der Waals surface area contributed by atoms with Crippen molar-refractivity contribution in [2.24, 2.45) is 0 Å². The zero-order chi connectivity index (χ0) is 11.5. The van der Waals surface area contributed by atoms with Crippen LogP contribution in [0.25, 0.3) is 0 Å². The Kier molecular flexibility index (Phi) is 2.77. The fraction of sp³-hybridized carbons (Fsp3) is 0.0769. The summed E-state index contributed by atoms with van der Waals surface area (Å²) in [7, 11) is 0. The van der Waals surface area contributed by atoms with Crippen molar-refractivity contribution in [2.75, 3.05) is 11.1 Å². The molecule has 0 spiro atoms. The maximum atomic E-state index is 13.5.